The molecule has 0 heterocycles. The minimum absolute atomic E-state index is 0. The average Bonchev–Trinajstić information content (AvgIpc) is 2.72. The lowest BCUT2D eigenvalue weighted by Gasteiger charge is -2.21. The van der Waals surface area contributed by atoms with Gasteiger partial charge in [0, 0.05) is 37.3 Å². The molecule has 0 fully saturated rings. The Hall–Kier alpha value is -2.75. The van der Waals surface area contributed by atoms with Crippen molar-refractivity contribution in [1.82, 2.24) is 10.6 Å². The molecule has 34 heavy (non-hydrogen) atoms. The summed E-state index contributed by atoms with van der Waals surface area (Å²) in [5.74, 6) is 0.895. The van der Waals surface area contributed by atoms with Crippen molar-refractivity contribution in [2.45, 2.75) is 39.8 Å². The maximum atomic E-state index is 12.0. The second-order valence-electron chi connectivity index (χ2n) is 8.33. The largest absolute Gasteiger partial charge is 0.490 e. The van der Waals surface area contributed by atoms with Crippen molar-refractivity contribution >= 4 is 41.3 Å². The fourth-order valence-electron chi connectivity index (χ4n) is 2.93. The second-order valence-corrected chi connectivity index (χ2v) is 8.73. The number of hydrogen-bond donors (Lipinski definition) is 3. The fourth-order valence-corrected chi connectivity index (χ4v) is 3.17. The van der Waals surface area contributed by atoms with E-state index in [0.29, 0.717) is 48.5 Å². The van der Waals surface area contributed by atoms with Crippen LogP contribution in [0.2, 0.25) is 5.02 Å². The molecule has 188 valence electrons. The zero-order chi connectivity index (χ0) is 24.4. The number of carbonyl (C=O) groups excluding carboxylic acids is 1. The van der Waals surface area contributed by atoms with E-state index in [4.69, 9.17) is 21.1 Å². The minimum atomic E-state index is -0.481. The number of anilines is 1. The Morgan fingerprint density at radius 2 is 1.82 bits per heavy atom. The van der Waals surface area contributed by atoms with Gasteiger partial charge in [0.2, 0.25) is 0 Å². The lowest BCUT2D eigenvalue weighted by Crippen LogP contribution is -2.43. The highest BCUT2D eigenvalue weighted by Crippen LogP contribution is 2.29. The van der Waals surface area contributed by atoms with Crippen molar-refractivity contribution < 1.29 is 19.2 Å². The number of benzene rings is 2. The van der Waals surface area contributed by atoms with Gasteiger partial charge in [0.15, 0.2) is 18.1 Å². The summed E-state index contributed by atoms with van der Waals surface area (Å²) >= 11 is 6.08. The molecule has 11 heteroatoms. The first-order valence-corrected chi connectivity index (χ1v) is 11.0. The van der Waals surface area contributed by atoms with Crippen LogP contribution in [0.25, 0.3) is 0 Å². The number of nitrogens with zero attached hydrogens (tertiary/aromatic N) is 1. The maximum Gasteiger partial charge on any atom is 0.271 e. The topological polar surface area (TPSA) is 115 Å². The van der Waals surface area contributed by atoms with Crippen molar-refractivity contribution in [3.8, 4) is 11.5 Å². The molecule has 0 aliphatic rings. The molecule has 0 aromatic heterocycles. The Labute approximate surface area is 211 Å². The van der Waals surface area contributed by atoms with E-state index in [0.717, 1.165) is 5.56 Å². The Morgan fingerprint density at radius 1 is 1.09 bits per heavy atom. The molecule has 0 spiro atoms. The minimum Gasteiger partial charge on any atom is -0.490 e. The van der Waals surface area contributed by atoms with E-state index in [1.807, 2.05) is 39.8 Å². The molecule has 1 amide bonds. The van der Waals surface area contributed by atoms with Gasteiger partial charge in [-0.15, -0.1) is 12.4 Å². The molecule has 2 aromatic carbocycles. The summed E-state index contributed by atoms with van der Waals surface area (Å²) in [5, 5.41) is 20.4. The number of nitrogens with one attached hydrogen (secondary N) is 3. The molecule has 0 aliphatic heterocycles. The number of nitro groups is 1. The molecule has 0 saturated heterocycles. The van der Waals surface area contributed by atoms with Crippen molar-refractivity contribution in [1.29, 1.82) is 0 Å². The van der Waals surface area contributed by atoms with E-state index < -0.39 is 4.92 Å². The van der Waals surface area contributed by atoms with Gasteiger partial charge in [-0.05, 0) is 51.5 Å². The summed E-state index contributed by atoms with van der Waals surface area (Å²) in [5.41, 5.74) is 1.27. The summed E-state index contributed by atoms with van der Waals surface area (Å²) in [7, 11) is 0. The van der Waals surface area contributed by atoms with E-state index in [1.165, 1.54) is 12.1 Å². The van der Waals surface area contributed by atoms with Crippen LogP contribution >= 0.6 is 24.0 Å². The zero-order valence-electron chi connectivity index (χ0n) is 19.8. The van der Waals surface area contributed by atoms with Gasteiger partial charge in [-0.25, -0.2) is 0 Å². The first-order valence-electron chi connectivity index (χ1n) is 10.7. The molecule has 2 rings (SSSR count). The third-order valence-corrected chi connectivity index (χ3v) is 4.60. The van der Waals surface area contributed by atoms with Crippen LogP contribution in [0.4, 0.5) is 11.4 Å². The number of amides is 1. The van der Waals surface area contributed by atoms with Gasteiger partial charge in [0.25, 0.3) is 11.6 Å². The Morgan fingerprint density at radius 3 is 2.44 bits per heavy atom. The molecule has 0 bridgehead atoms. The molecule has 0 saturated carbocycles. The van der Waals surface area contributed by atoms with Crippen molar-refractivity contribution in [2.75, 3.05) is 31.6 Å². The van der Waals surface area contributed by atoms with E-state index in [2.05, 4.69) is 16.0 Å². The highest BCUT2D eigenvalue weighted by molar-refractivity contribution is 6.33. The third-order valence-electron chi connectivity index (χ3n) is 4.29. The van der Waals surface area contributed by atoms with Crippen molar-refractivity contribution in [3.63, 3.8) is 0 Å². The van der Waals surface area contributed by atoms with Crippen LogP contribution in [0, 0.1) is 10.1 Å². The number of halogens is 2. The van der Waals surface area contributed by atoms with Gasteiger partial charge in [-0.2, -0.15) is 0 Å². The first-order chi connectivity index (χ1) is 15.6. The molecule has 2 aromatic rings. The lowest BCUT2D eigenvalue weighted by molar-refractivity contribution is -0.384. The van der Waals surface area contributed by atoms with Gasteiger partial charge >= 0.3 is 0 Å². The summed E-state index contributed by atoms with van der Waals surface area (Å²) in [6, 6.07) is 9.91. The number of nitro benzene ring substituents is 1. The molecule has 9 nitrogen and oxygen atoms in total. The second kappa shape index (κ2) is 13.8. The average molecular weight is 515 g/mol. The predicted molar refractivity (Wildman–Crippen MR) is 137 cm³/mol. The van der Waals surface area contributed by atoms with Crippen molar-refractivity contribution in [2.24, 2.45) is 0 Å². The van der Waals surface area contributed by atoms with Crippen molar-refractivity contribution in [3.05, 3.63) is 57.1 Å². The number of rotatable bonds is 12. The van der Waals surface area contributed by atoms with Crippen LogP contribution in [0.5, 0.6) is 11.5 Å². The predicted octanol–water partition coefficient (Wildman–Crippen LogP) is 4.56. The fraction of sp³-hybridized carbons (Fsp3) is 0.435. The van der Waals surface area contributed by atoms with Crippen LogP contribution in [-0.2, 0) is 11.3 Å². The number of non-ortho nitro benzene ring substituents is 1. The summed E-state index contributed by atoms with van der Waals surface area (Å²) < 4.78 is 11.3. The molecule has 0 aliphatic carbocycles. The van der Waals surface area contributed by atoms with Gasteiger partial charge in [0.05, 0.1) is 22.2 Å². The highest BCUT2D eigenvalue weighted by atomic mass is 35.5. The summed E-state index contributed by atoms with van der Waals surface area (Å²) in [4.78, 5) is 22.3. The summed E-state index contributed by atoms with van der Waals surface area (Å²) in [6.07, 6.45) is 0. The molecule has 0 radical (unpaired) electrons. The van der Waals surface area contributed by atoms with Crippen LogP contribution < -0.4 is 25.4 Å². The summed E-state index contributed by atoms with van der Waals surface area (Å²) in [6.45, 7) is 9.82. The molecular formula is C23H32Cl2N4O5. The van der Waals surface area contributed by atoms with Gasteiger partial charge < -0.3 is 25.4 Å². The standard InChI is InChI=1S/C23H31ClN4O5.ClH/c1-5-32-21-12-16(6-9-20(21)33-15-22(29)27-23(2,3)4)14-25-10-11-26-19-8-7-17(28(30)31)13-18(19)24;/h6-9,12-13,25-26H,5,10-11,14-15H2,1-4H3,(H,27,29);1H. The smallest absolute Gasteiger partial charge is 0.271 e. The number of ether oxygens (including phenoxy) is 2. The number of hydrogen-bond acceptors (Lipinski definition) is 7. The molecule has 3 N–H and O–H groups in total. The van der Waals surface area contributed by atoms with Gasteiger partial charge in [-0.1, -0.05) is 17.7 Å². The Bertz CT molecular complexity index is 967. The van der Waals surface area contributed by atoms with Crippen LogP contribution in [0.15, 0.2) is 36.4 Å². The quantitative estimate of drug-likeness (QED) is 0.216. The lowest BCUT2D eigenvalue weighted by atomic mass is 10.1. The normalized spacial score (nSPS) is 10.7. The first kappa shape index (κ1) is 29.3. The number of carbonyl (C=O) groups is 1. The highest BCUT2D eigenvalue weighted by Gasteiger charge is 2.15. The Balaban J connectivity index is 0.00000578. The van der Waals surface area contributed by atoms with Crippen LogP contribution in [-0.4, -0.2) is 42.7 Å². The SMILES string of the molecule is CCOc1cc(CNCCNc2ccc([N+](=O)[O-])cc2Cl)ccc1OCC(=O)NC(C)(C)C.Cl. The molecule has 0 atom stereocenters. The molecule has 0 unspecified atom stereocenters. The zero-order valence-corrected chi connectivity index (χ0v) is 21.3. The Kier molecular flexibility index (Phi) is 11.9. The van der Waals surface area contributed by atoms with Gasteiger partial charge in [-0.3, -0.25) is 14.9 Å². The van der Waals surface area contributed by atoms with E-state index >= 15 is 0 Å². The van der Waals surface area contributed by atoms with E-state index in [1.54, 1.807) is 12.1 Å². The van der Waals surface area contributed by atoms with Crippen LogP contribution in [0.3, 0.4) is 0 Å². The molecular weight excluding hydrogens is 483 g/mol. The monoisotopic (exact) mass is 514 g/mol. The van der Waals surface area contributed by atoms with E-state index in [9.17, 15) is 14.9 Å². The maximum absolute atomic E-state index is 12.0. The third kappa shape index (κ3) is 10.0. The van der Waals surface area contributed by atoms with Gasteiger partial charge in [0.1, 0.15) is 0 Å². The van der Waals surface area contributed by atoms with E-state index in [-0.39, 0.29) is 36.1 Å². The van der Waals surface area contributed by atoms with Crippen LogP contribution in [0.1, 0.15) is 33.3 Å².